The van der Waals surface area contributed by atoms with Crippen molar-refractivity contribution in [3.8, 4) is 5.75 Å². The fourth-order valence-corrected chi connectivity index (χ4v) is 4.00. The Morgan fingerprint density at radius 3 is 2.69 bits per heavy atom. The van der Waals surface area contributed by atoms with Crippen molar-refractivity contribution in [1.29, 1.82) is 0 Å². The highest BCUT2D eigenvalue weighted by molar-refractivity contribution is 6.35. The zero-order valence-electron chi connectivity index (χ0n) is 15.2. The second-order valence-corrected chi connectivity index (χ2v) is 7.51. The van der Waals surface area contributed by atoms with Crippen molar-refractivity contribution in [3.63, 3.8) is 0 Å². The first-order valence-corrected chi connectivity index (χ1v) is 10.0. The molecule has 0 unspecified atom stereocenters. The van der Waals surface area contributed by atoms with Crippen LogP contribution in [-0.4, -0.2) is 30.6 Å². The molecule has 2 aromatic rings. The minimum atomic E-state index is 0.364. The maximum absolute atomic E-state index is 6.20. The third kappa shape index (κ3) is 5.14. The molecule has 1 fully saturated rings. The zero-order valence-corrected chi connectivity index (χ0v) is 16.7. The molecule has 0 amide bonds. The summed E-state index contributed by atoms with van der Waals surface area (Å²) in [5.41, 5.74) is 2.04. The Labute approximate surface area is 166 Å². The van der Waals surface area contributed by atoms with Crippen LogP contribution in [0.3, 0.4) is 0 Å². The van der Waals surface area contributed by atoms with Gasteiger partial charge in [-0.2, -0.15) is 0 Å². The maximum Gasteiger partial charge on any atom is 0.120 e. The fraction of sp³-hybridized carbons (Fsp3) is 0.429. The summed E-state index contributed by atoms with van der Waals surface area (Å²) in [5, 5.41) is 4.85. The summed E-state index contributed by atoms with van der Waals surface area (Å²) in [5.74, 6) is 0.830. The van der Waals surface area contributed by atoms with Crippen molar-refractivity contribution in [3.05, 3.63) is 63.6 Å². The molecule has 1 aliphatic heterocycles. The SMILES string of the molecule is CCN1CCC[C@@H]1CNCc1cccc(OCc2c(Cl)cccc2Cl)c1. The number of likely N-dealkylation sites (tertiary alicyclic amines) is 1. The number of nitrogens with one attached hydrogen (secondary N) is 1. The summed E-state index contributed by atoms with van der Waals surface area (Å²) < 4.78 is 5.90. The average Bonchev–Trinajstić information content (AvgIpc) is 3.09. The van der Waals surface area contributed by atoms with Crippen LogP contribution in [0.4, 0.5) is 0 Å². The molecule has 26 heavy (non-hydrogen) atoms. The number of hydrogen-bond acceptors (Lipinski definition) is 3. The van der Waals surface area contributed by atoms with E-state index in [1.807, 2.05) is 30.3 Å². The lowest BCUT2D eigenvalue weighted by molar-refractivity contribution is 0.260. The van der Waals surface area contributed by atoms with Gasteiger partial charge in [-0.25, -0.2) is 0 Å². The van der Waals surface area contributed by atoms with Crippen LogP contribution in [-0.2, 0) is 13.2 Å². The number of ether oxygens (including phenoxy) is 1. The number of rotatable bonds is 8. The quantitative estimate of drug-likeness (QED) is 0.672. The van der Waals surface area contributed by atoms with Crippen molar-refractivity contribution in [2.24, 2.45) is 0 Å². The molecular weight excluding hydrogens is 367 g/mol. The van der Waals surface area contributed by atoms with E-state index in [2.05, 4.69) is 29.3 Å². The fourth-order valence-electron chi connectivity index (χ4n) is 3.50. The molecule has 1 N–H and O–H groups in total. The van der Waals surface area contributed by atoms with E-state index in [1.54, 1.807) is 0 Å². The topological polar surface area (TPSA) is 24.5 Å². The van der Waals surface area contributed by atoms with E-state index < -0.39 is 0 Å². The van der Waals surface area contributed by atoms with Gasteiger partial charge in [0.2, 0.25) is 0 Å². The molecule has 0 bridgehead atoms. The minimum absolute atomic E-state index is 0.364. The molecule has 1 aliphatic rings. The zero-order chi connectivity index (χ0) is 18.4. The third-order valence-corrected chi connectivity index (χ3v) is 5.67. The summed E-state index contributed by atoms with van der Waals surface area (Å²) in [7, 11) is 0. The van der Waals surface area contributed by atoms with Crippen LogP contribution in [0.5, 0.6) is 5.75 Å². The van der Waals surface area contributed by atoms with Gasteiger partial charge in [-0.05, 0) is 55.8 Å². The summed E-state index contributed by atoms with van der Waals surface area (Å²) in [4.78, 5) is 2.56. The van der Waals surface area contributed by atoms with Gasteiger partial charge in [0.05, 0.1) is 0 Å². The monoisotopic (exact) mass is 392 g/mol. The highest BCUT2D eigenvalue weighted by Crippen LogP contribution is 2.26. The molecule has 1 heterocycles. The first-order chi connectivity index (χ1) is 12.7. The van der Waals surface area contributed by atoms with E-state index in [-0.39, 0.29) is 0 Å². The van der Waals surface area contributed by atoms with Crippen LogP contribution in [0.2, 0.25) is 10.0 Å². The smallest absolute Gasteiger partial charge is 0.120 e. The summed E-state index contributed by atoms with van der Waals surface area (Å²) in [6.45, 7) is 6.86. The van der Waals surface area contributed by atoms with Crippen LogP contribution >= 0.6 is 23.2 Å². The first kappa shape index (κ1) is 19.5. The lowest BCUT2D eigenvalue weighted by Crippen LogP contribution is -2.37. The minimum Gasteiger partial charge on any atom is -0.489 e. The summed E-state index contributed by atoms with van der Waals surface area (Å²) in [6, 6.07) is 14.3. The Hall–Kier alpha value is -1.26. The Morgan fingerprint density at radius 2 is 1.92 bits per heavy atom. The van der Waals surface area contributed by atoms with E-state index in [1.165, 1.54) is 24.9 Å². The molecule has 1 saturated heterocycles. The standard InChI is InChI=1S/C21H26Cl2N2O/c1-2-25-11-5-7-17(25)14-24-13-16-6-3-8-18(12-16)26-15-19-20(22)9-4-10-21(19)23/h3-4,6,8-10,12,17,24H,2,5,7,11,13-15H2,1H3/t17-/m1/s1. The Bertz CT molecular complexity index is 703. The van der Waals surface area contributed by atoms with E-state index in [0.717, 1.165) is 30.9 Å². The molecule has 1 atom stereocenters. The van der Waals surface area contributed by atoms with Crippen molar-refractivity contribution in [1.82, 2.24) is 10.2 Å². The van der Waals surface area contributed by atoms with Crippen molar-refractivity contribution in [2.45, 2.75) is 39.0 Å². The lowest BCUT2D eigenvalue weighted by Gasteiger charge is -2.23. The van der Waals surface area contributed by atoms with Crippen LogP contribution < -0.4 is 10.1 Å². The molecular formula is C21H26Cl2N2O. The molecule has 2 aromatic carbocycles. The van der Waals surface area contributed by atoms with Crippen molar-refractivity contribution in [2.75, 3.05) is 19.6 Å². The van der Waals surface area contributed by atoms with Gasteiger partial charge >= 0.3 is 0 Å². The Balaban J connectivity index is 1.51. The molecule has 3 rings (SSSR count). The summed E-state index contributed by atoms with van der Waals surface area (Å²) >= 11 is 12.4. The highest BCUT2D eigenvalue weighted by atomic mass is 35.5. The van der Waals surface area contributed by atoms with Gasteiger partial charge < -0.3 is 10.1 Å². The van der Waals surface area contributed by atoms with Crippen molar-refractivity contribution < 1.29 is 4.74 Å². The van der Waals surface area contributed by atoms with Crippen LogP contribution in [0, 0.1) is 0 Å². The van der Waals surface area contributed by atoms with Crippen molar-refractivity contribution >= 4 is 23.2 Å². The Kier molecular flexibility index (Phi) is 7.21. The number of nitrogens with zero attached hydrogens (tertiary/aromatic N) is 1. The van der Waals surface area contributed by atoms with E-state index in [0.29, 0.717) is 22.7 Å². The van der Waals surface area contributed by atoms with E-state index in [9.17, 15) is 0 Å². The molecule has 5 heteroatoms. The predicted octanol–water partition coefficient (Wildman–Crippen LogP) is 5.15. The summed E-state index contributed by atoms with van der Waals surface area (Å²) in [6.07, 6.45) is 2.61. The Morgan fingerprint density at radius 1 is 1.15 bits per heavy atom. The van der Waals surface area contributed by atoms with Gasteiger partial charge in [0.25, 0.3) is 0 Å². The molecule has 0 aliphatic carbocycles. The number of benzene rings is 2. The lowest BCUT2D eigenvalue weighted by atomic mass is 10.2. The van der Waals surface area contributed by atoms with Crippen LogP contribution in [0.25, 0.3) is 0 Å². The predicted molar refractivity (Wildman–Crippen MR) is 109 cm³/mol. The van der Waals surface area contributed by atoms with Gasteiger partial charge in [0.1, 0.15) is 12.4 Å². The van der Waals surface area contributed by atoms with Gasteiger partial charge in [0.15, 0.2) is 0 Å². The molecule has 140 valence electrons. The second-order valence-electron chi connectivity index (χ2n) is 6.69. The molecule has 3 nitrogen and oxygen atoms in total. The van der Waals surface area contributed by atoms with E-state index in [4.69, 9.17) is 27.9 Å². The molecule has 0 radical (unpaired) electrons. The molecule has 0 spiro atoms. The number of hydrogen-bond donors (Lipinski definition) is 1. The largest absolute Gasteiger partial charge is 0.489 e. The normalized spacial score (nSPS) is 17.6. The number of halogens is 2. The average molecular weight is 393 g/mol. The van der Waals surface area contributed by atoms with Crippen LogP contribution in [0.15, 0.2) is 42.5 Å². The van der Waals surface area contributed by atoms with Crippen LogP contribution in [0.1, 0.15) is 30.9 Å². The molecule has 0 saturated carbocycles. The highest BCUT2D eigenvalue weighted by Gasteiger charge is 2.22. The van der Waals surface area contributed by atoms with E-state index >= 15 is 0 Å². The second kappa shape index (κ2) is 9.61. The van der Waals surface area contributed by atoms with Gasteiger partial charge in [-0.1, -0.05) is 48.3 Å². The van der Waals surface area contributed by atoms with Gasteiger partial charge in [0, 0.05) is 34.7 Å². The van der Waals surface area contributed by atoms with Gasteiger partial charge in [-0.15, -0.1) is 0 Å². The van der Waals surface area contributed by atoms with Gasteiger partial charge in [-0.3, -0.25) is 4.90 Å². The third-order valence-electron chi connectivity index (χ3n) is 4.96. The first-order valence-electron chi connectivity index (χ1n) is 9.26. The number of likely N-dealkylation sites (N-methyl/N-ethyl adjacent to an activating group) is 1. The maximum atomic E-state index is 6.20. The molecule has 0 aromatic heterocycles.